The van der Waals surface area contributed by atoms with Gasteiger partial charge in [-0.25, -0.2) is 4.98 Å². The molecule has 0 aliphatic carbocycles. The summed E-state index contributed by atoms with van der Waals surface area (Å²) >= 11 is 1.36. The summed E-state index contributed by atoms with van der Waals surface area (Å²) in [5.41, 5.74) is 0.838. The maximum Gasteiger partial charge on any atom is 0.289 e. The van der Waals surface area contributed by atoms with Gasteiger partial charge in [0.05, 0.1) is 38.5 Å². The Balaban J connectivity index is 1.52. The van der Waals surface area contributed by atoms with Crippen molar-refractivity contribution in [1.82, 2.24) is 24.4 Å². The molecule has 1 aliphatic heterocycles. The van der Waals surface area contributed by atoms with Crippen LogP contribution in [0, 0.1) is 0 Å². The van der Waals surface area contributed by atoms with Crippen LogP contribution in [0.3, 0.4) is 0 Å². The molecule has 4 heterocycles. The number of benzene rings is 1. The fourth-order valence-electron chi connectivity index (χ4n) is 4.40. The normalized spacial score (nSPS) is 15.3. The quantitative estimate of drug-likeness (QED) is 0.410. The van der Waals surface area contributed by atoms with Gasteiger partial charge in [-0.3, -0.25) is 9.69 Å². The lowest BCUT2D eigenvalue weighted by atomic mass is 10.0. The van der Waals surface area contributed by atoms with E-state index in [0.717, 1.165) is 5.56 Å². The summed E-state index contributed by atoms with van der Waals surface area (Å²) in [6.45, 7) is 2.14. The van der Waals surface area contributed by atoms with E-state index in [4.69, 9.17) is 18.6 Å². The van der Waals surface area contributed by atoms with Crippen LogP contribution in [0.2, 0.25) is 0 Å². The van der Waals surface area contributed by atoms with Gasteiger partial charge in [-0.2, -0.15) is 9.61 Å². The highest BCUT2D eigenvalue weighted by Gasteiger charge is 2.34. The third-order valence-corrected chi connectivity index (χ3v) is 7.18. The summed E-state index contributed by atoms with van der Waals surface area (Å²) in [6.07, 6.45) is 2.90. The van der Waals surface area contributed by atoms with Gasteiger partial charge in [0.15, 0.2) is 17.3 Å². The molecule has 0 radical (unpaired) electrons. The Hall–Kier alpha value is -3.77. The highest BCUT2D eigenvalue weighted by Crippen LogP contribution is 2.45. The number of hydrogen-bond donors (Lipinski definition) is 1. The minimum Gasteiger partial charge on any atom is -0.493 e. The van der Waals surface area contributed by atoms with E-state index >= 15 is 0 Å². The molecule has 1 amide bonds. The maximum atomic E-state index is 12.8. The number of rotatable bonds is 7. The number of carbonyl (C=O) groups is 1. The van der Waals surface area contributed by atoms with Crippen LogP contribution in [0.4, 0.5) is 0 Å². The zero-order valence-corrected chi connectivity index (χ0v) is 20.3. The highest BCUT2D eigenvalue weighted by atomic mass is 32.1. The molecule has 1 aliphatic rings. The van der Waals surface area contributed by atoms with Crippen molar-refractivity contribution in [2.75, 3.05) is 47.5 Å². The average Bonchev–Trinajstić information content (AvgIpc) is 3.64. The standard InChI is InChI=1S/C23H25N5O6S/c1-31-16-11-14(12-17(32-2)19(16)33-3)18(20-22(30)28-23(35-20)24-13-25-28)26-6-8-27(9-7-26)21(29)15-5-4-10-34-15/h4-5,10-13,18,30H,6-9H2,1-3H3/t18-/m1/s1. The molecule has 1 saturated heterocycles. The van der Waals surface area contributed by atoms with E-state index in [1.54, 1.807) is 38.4 Å². The summed E-state index contributed by atoms with van der Waals surface area (Å²) in [6, 6.07) is 6.76. The number of ether oxygens (including phenoxy) is 3. The van der Waals surface area contributed by atoms with Gasteiger partial charge in [0.2, 0.25) is 16.6 Å². The second-order valence-electron chi connectivity index (χ2n) is 7.91. The Kier molecular flexibility index (Phi) is 6.22. The van der Waals surface area contributed by atoms with Crippen molar-refractivity contribution in [2.45, 2.75) is 6.04 Å². The van der Waals surface area contributed by atoms with E-state index in [0.29, 0.717) is 59.0 Å². The van der Waals surface area contributed by atoms with E-state index in [9.17, 15) is 9.90 Å². The monoisotopic (exact) mass is 499 g/mol. The summed E-state index contributed by atoms with van der Waals surface area (Å²) in [4.78, 5) is 22.2. The number of methoxy groups -OCH3 is 3. The SMILES string of the molecule is COc1cc([C@H](c2sc3ncnn3c2O)N2CCN(C(=O)c3ccco3)CC2)cc(OC)c1OC. The molecule has 1 N–H and O–H groups in total. The zero-order chi connectivity index (χ0) is 24.5. The van der Waals surface area contributed by atoms with Crippen molar-refractivity contribution >= 4 is 22.2 Å². The highest BCUT2D eigenvalue weighted by molar-refractivity contribution is 7.17. The number of hydrogen-bond acceptors (Lipinski definition) is 10. The Bertz CT molecular complexity index is 1300. The Morgan fingerprint density at radius 2 is 1.83 bits per heavy atom. The van der Waals surface area contributed by atoms with Gasteiger partial charge < -0.3 is 28.6 Å². The van der Waals surface area contributed by atoms with Crippen molar-refractivity contribution < 1.29 is 28.5 Å². The number of carbonyl (C=O) groups excluding carboxylic acids is 1. The first-order valence-corrected chi connectivity index (χ1v) is 11.8. The lowest BCUT2D eigenvalue weighted by molar-refractivity contribution is 0.0567. The predicted molar refractivity (Wildman–Crippen MR) is 127 cm³/mol. The number of aromatic hydroxyl groups is 1. The van der Waals surface area contributed by atoms with Gasteiger partial charge >= 0.3 is 0 Å². The van der Waals surface area contributed by atoms with E-state index in [1.807, 2.05) is 12.1 Å². The van der Waals surface area contributed by atoms with Crippen molar-refractivity contribution in [3.63, 3.8) is 0 Å². The molecule has 3 aromatic heterocycles. The number of thiazole rings is 1. The minimum absolute atomic E-state index is 0.0235. The Morgan fingerprint density at radius 1 is 1.11 bits per heavy atom. The van der Waals surface area contributed by atoms with Crippen molar-refractivity contribution in [3.05, 3.63) is 53.1 Å². The molecule has 0 unspecified atom stereocenters. The number of nitrogens with zero attached hydrogens (tertiary/aromatic N) is 5. The number of piperazine rings is 1. The fourth-order valence-corrected chi connectivity index (χ4v) is 5.49. The van der Waals surface area contributed by atoms with Gasteiger partial charge in [0.1, 0.15) is 6.33 Å². The smallest absolute Gasteiger partial charge is 0.289 e. The van der Waals surface area contributed by atoms with E-state index in [2.05, 4.69) is 15.0 Å². The van der Waals surface area contributed by atoms with Crippen LogP contribution in [0.5, 0.6) is 23.1 Å². The molecular formula is C23H25N5O6S. The van der Waals surface area contributed by atoms with Gasteiger partial charge in [0, 0.05) is 26.2 Å². The second kappa shape index (κ2) is 9.47. The van der Waals surface area contributed by atoms with E-state index in [1.165, 1.54) is 28.4 Å². The summed E-state index contributed by atoms with van der Waals surface area (Å²) < 4.78 is 23.4. The summed E-state index contributed by atoms with van der Waals surface area (Å²) in [5, 5.41) is 15.2. The van der Waals surface area contributed by atoms with Gasteiger partial charge in [-0.15, -0.1) is 0 Å². The fraction of sp³-hybridized carbons (Fsp3) is 0.348. The zero-order valence-electron chi connectivity index (χ0n) is 19.5. The van der Waals surface area contributed by atoms with E-state index in [-0.39, 0.29) is 17.8 Å². The molecule has 35 heavy (non-hydrogen) atoms. The third-order valence-electron chi connectivity index (χ3n) is 6.09. The van der Waals surface area contributed by atoms with Crippen molar-refractivity contribution in [1.29, 1.82) is 0 Å². The lowest BCUT2D eigenvalue weighted by Crippen LogP contribution is -2.49. The van der Waals surface area contributed by atoms with Gasteiger partial charge in [-0.05, 0) is 29.8 Å². The Labute approximate surface area is 205 Å². The van der Waals surface area contributed by atoms with Crippen LogP contribution in [-0.2, 0) is 0 Å². The van der Waals surface area contributed by atoms with Crippen LogP contribution in [0.1, 0.15) is 27.0 Å². The first-order valence-electron chi connectivity index (χ1n) is 10.9. The first-order chi connectivity index (χ1) is 17.0. The number of aromatic nitrogens is 3. The number of furan rings is 1. The minimum atomic E-state index is -0.363. The molecule has 0 bridgehead atoms. The molecule has 4 aromatic rings. The Morgan fingerprint density at radius 3 is 2.40 bits per heavy atom. The molecule has 0 spiro atoms. The largest absolute Gasteiger partial charge is 0.493 e. The molecule has 184 valence electrons. The van der Waals surface area contributed by atoms with E-state index < -0.39 is 0 Å². The van der Waals surface area contributed by atoms with Crippen LogP contribution < -0.4 is 14.2 Å². The third kappa shape index (κ3) is 4.04. The average molecular weight is 500 g/mol. The predicted octanol–water partition coefficient (Wildman–Crippen LogP) is 2.66. The van der Waals surface area contributed by atoms with Gasteiger partial charge in [-0.1, -0.05) is 11.3 Å². The lowest BCUT2D eigenvalue weighted by Gasteiger charge is -2.39. The molecule has 1 aromatic carbocycles. The molecular weight excluding hydrogens is 474 g/mol. The van der Waals surface area contributed by atoms with Gasteiger partial charge in [0.25, 0.3) is 5.91 Å². The molecule has 5 rings (SSSR count). The van der Waals surface area contributed by atoms with Crippen molar-refractivity contribution in [2.24, 2.45) is 0 Å². The number of fused-ring (bicyclic) bond motifs is 1. The first kappa shape index (κ1) is 23.0. The molecule has 0 saturated carbocycles. The van der Waals surface area contributed by atoms with Crippen LogP contribution in [0.25, 0.3) is 4.96 Å². The topological polar surface area (TPSA) is 115 Å². The maximum absolute atomic E-state index is 12.8. The molecule has 1 fully saturated rings. The van der Waals surface area contributed by atoms with Crippen LogP contribution >= 0.6 is 11.3 Å². The van der Waals surface area contributed by atoms with Crippen LogP contribution in [0.15, 0.2) is 41.3 Å². The van der Waals surface area contributed by atoms with Crippen molar-refractivity contribution in [3.8, 4) is 23.1 Å². The number of amides is 1. The molecule has 1 atom stereocenters. The molecule has 11 nitrogen and oxygen atoms in total. The van der Waals surface area contributed by atoms with Crippen LogP contribution in [-0.4, -0.2) is 82.9 Å². The summed E-state index contributed by atoms with van der Waals surface area (Å²) in [7, 11) is 4.68. The molecule has 12 heteroatoms. The second-order valence-corrected chi connectivity index (χ2v) is 8.92. The summed E-state index contributed by atoms with van der Waals surface area (Å²) in [5.74, 6) is 1.71.